The van der Waals surface area contributed by atoms with Crippen LogP contribution >= 0.6 is 0 Å². The molecule has 2 nitrogen and oxygen atoms in total. The fourth-order valence-corrected chi connectivity index (χ4v) is 2.97. The fourth-order valence-electron chi connectivity index (χ4n) is 2.97. The smallest absolute Gasteiger partial charge is 0.123 e. The lowest BCUT2D eigenvalue weighted by atomic mass is 9.95. The van der Waals surface area contributed by atoms with Crippen molar-refractivity contribution in [1.82, 2.24) is 0 Å². The third kappa shape index (κ3) is 2.81. The van der Waals surface area contributed by atoms with Crippen molar-refractivity contribution in [3.63, 3.8) is 0 Å². The lowest BCUT2D eigenvalue weighted by Crippen LogP contribution is -2.24. The summed E-state index contributed by atoms with van der Waals surface area (Å²) in [5.41, 5.74) is 11.0. The third-order valence-corrected chi connectivity index (χ3v) is 4.15. The van der Waals surface area contributed by atoms with Gasteiger partial charge in [0.2, 0.25) is 0 Å². The summed E-state index contributed by atoms with van der Waals surface area (Å²) < 4.78 is 5.94. The zero-order valence-electron chi connectivity index (χ0n) is 13.0. The second kappa shape index (κ2) is 5.19. The van der Waals surface area contributed by atoms with Crippen molar-refractivity contribution >= 4 is 0 Å². The molecule has 1 heterocycles. The minimum atomic E-state index is -0.0899. The van der Waals surface area contributed by atoms with Gasteiger partial charge >= 0.3 is 0 Å². The standard InChI is InChI=1S/C19H23NO/c1-4-17(20)15-7-5-6-13(10-15)14-8-9-18-16(11-14)12-19(2,3)21-18/h5-11,17H,4,12,20H2,1-3H3. The average molecular weight is 281 g/mol. The molecular formula is C19H23NO. The van der Waals surface area contributed by atoms with Crippen molar-refractivity contribution in [1.29, 1.82) is 0 Å². The predicted molar refractivity (Wildman–Crippen MR) is 87.5 cm³/mol. The van der Waals surface area contributed by atoms with E-state index in [2.05, 4.69) is 63.2 Å². The molecule has 110 valence electrons. The quantitative estimate of drug-likeness (QED) is 0.900. The summed E-state index contributed by atoms with van der Waals surface area (Å²) in [4.78, 5) is 0. The molecule has 2 N–H and O–H groups in total. The minimum Gasteiger partial charge on any atom is -0.487 e. The fraction of sp³-hybridized carbons (Fsp3) is 0.368. The van der Waals surface area contributed by atoms with Gasteiger partial charge in [0.05, 0.1) is 0 Å². The van der Waals surface area contributed by atoms with Gasteiger partial charge in [0.25, 0.3) is 0 Å². The SMILES string of the molecule is CCC(N)c1cccc(-c2ccc3c(c2)CC(C)(C)O3)c1. The molecule has 0 fully saturated rings. The number of nitrogens with two attached hydrogens (primary N) is 1. The summed E-state index contributed by atoms with van der Waals surface area (Å²) in [5, 5.41) is 0. The molecule has 1 unspecified atom stereocenters. The molecule has 0 saturated heterocycles. The van der Waals surface area contributed by atoms with Crippen molar-refractivity contribution in [2.45, 2.75) is 45.3 Å². The second-order valence-electron chi connectivity index (χ2n) is 6.50. The maximum atomic E-state index is 6.15. The summed E-state index contributed by atoms with van der Waals surface area (Å²) in [6.45, 7) is 6.38. The van der Waals surface area contributed by atoms with Crippen LogP contribution in [0.1, 0.15) is 44.4 Å². The van der Waals surface area contributed by atoms with Gasteiger partial charge in [0, 0.05) is 12.5 Å². The molecule has 3 rings (SSSR count). The van der Waals surface area contributed by atoms with E-state index in [-0.39, 0.29) is 11.6 Å². The van der Waals surface area contributed by atoms with Crippen LogP contribution in [0.5, 0.6) is 5.75 Å². The van der Waals surface area contributed by atoms with Gasteiger partial charge in [-0.3, -0.25) is 0 Å². The topological polar surface area (TPSA) is 35.2 Å². The Hall–Kier alpha value is -1.80. The van der Waals surface area contributed by atoms with Gasteiger partial charge in [-0.25, -0.2) is 0 Å². The number of benzene rings is 2. The maximum absolute atomic E-state index is 6.15. The maximum Gasteiger partial charge on any atom is 0.123 e. The number of rotatable bonds is 3. The molecule has 0 spiro atoms. The van der Waals surface area contributed by atoms with Crippen LogP contribution in [0.3, 0.4) is 0 Å². The summed E-state index contributed by atoms with van der Waals surface area (Å²) in [6.07, 6.45) is 1.92. The van der Waals surface area contributed by atoms with Gasteiger partial charge in [0.1, 0.15) is 11.4 Å². The Kier molecular flexibility index (Phi) is 3.50. The van der Waals surface area contributed by atoms with Gasteiger partial charge in [-0.05, 0) is 60.7 Å². The van der Waals surface area contributed by atoms with Crippen molar-refractivity contribution in [2.24, 2.45) is 5.73 Å². The van der Waals surface area contributed by atoms with Crippen LogP contribution in [-0.2, 0) is 6.42 Å². The number of hydrogen-bond donors (Lipinski definition) is 1. The Balaban J connectivity index is 1.96. The summed E-state index contributed by atoms with van der Waals surface area (Å²) in [5.74, 6) is 1.02. The van der Waals surface area contributed by atoms with Crippen molar-refractivity contribution in [3.8, 4) is 16.9 Å². The second-order valence-corrected chi connectivity index (χ2v) is 6.50. The molecule has 1 aliphatic heterocycles. The highest BCUT2D eigenvalue weighted by atomic mass is 16.5. The molecule has 0 amide bonds. The third-order valence-electron chi connectivity index (χ3n) is 4.15. The zero-order valence-corrected chi connectivity index (χ0v) is 13.0. The van der Waals surface area contributed by atoms with E-state index >= 15 is 0 Å². The van der Waals surface area contributed by atoms with E-state index in [1.807, 2.05) is 0 Å². The number of hydrogen-bond acceptors (Lipinski definition) is 2. The van der Waals surface area contributed by atoms with Crippen LogP contribution < -0.4 is 10.5 Å². The van der Waals surface area contributed by atoms with Crippen LogP contribution in [-0.4, -0.2) is 5.60 Å². The first kappa shape index (κ1) is 14.2. The van der Waals surface area contributed by atoms with Crippen molar-refractivity contribution in [3.05, 3.63) is 53.6 Å². The van der Waals surface area contributed by atoms with Gasteiger partial charge in [-0.2, -0.15) is 0 Å². The Bertz CT molecular complexity index is 660. The van der Waals surface area contributed by atoms with Crippen molar-refractivity contribution in [2.75, 3.05) is 0 Å². The molecule has 0 radical (unpaired) electrons. The zero-order chi connectivity index (χ0) is 15.0. The highest BCUT2D eigenvalue weighted by Crippen LogP contribution is 2.37. The van der Waals surface area contributed by atoms with Crippen LogP contribution in [0.2, 0.25) is 0 Å². The van der Waals surface area contributed by atoms with E-state index in [0.29, 0.717) is 0 Å². The molecule has 2 heteroatoms. The van der Waals surface area contributed by atoms with Crippen LogP contribution in [0.4, 0.5) is 0 Å². The van der Waals surface area contributed by atoms with E-state index in [0.717, 1.165) is 18.6 Å². The van der Waals surface area contributed by atoms with E-state index in [1.54, 1.807) is 0 Å². The Morgan fingerprint density at radius 1 is 1.14 bits per heavy atom. The minimum absolute atomic E-state index is 0.0899. The number of fused-ring (bicyclic) bond motifs is 1. The first-order valence-corrected chi connectivity index (χ1v) is 7.66. The van der Waals surface area contributed by atoms with Crippen LogP contribution in [0.25, 0.3) is 11.1 Å². The molecule has 0 bridgehead atoms. The monoisotopic (exact) mass is 281 g/mol. The molecule has 0 saturated carbocycles. The molecule has 21 heavy (non-hydrogen) atoms. The highest BCUT2D eigenvalue weighted by molar-refractivity contribution is 5.67. The van der Waals surface area contributed by atoms with Crippen LogP contribution in [0, 0.1) is 0 Å². The predicted octanol–water partition coefficient (Wildman–Crippen LogP) is 4.48. The van der Waals surface area contributed by atoms with E-state index in [9.17, 15) is 0 Å². The lowest BCUT2D eigenvalue weighted by Gasteiger charge is -2.16. The van der Waals surface area contributed by atoms with E-state index < -0.39 is 0 Å². The first-order chi connectivity index (χ1) is 9.98. The van der Waals surface area contributed by atoms with Crippen molar-refractivity contribution < 1.29 is 4.74 Å². The van der Waals surface area contributed by atoms with E-state index in [4.69, 9.17) is 10.5 Å². The average Bonchev–Trinajstić information content (AvgIpc) is 2.79. The highest BCUT2D eigenvalue weighted by Gasteiger charge is 2.29. The number of ether oxygens (including phenoxy) is 1. The molecule has 1 atom stereocenters. The molecular weight excluding hydrogens is 258 g/mol. The first-order valence-electron chi connectivity index (χ1n) is 7.66. The molecule has 2 aromatic carbocycles. The summed E-state index contributed by atoms with van der Waals surface area (Å²) >= 11 is 0. The normalized spacial score (nSPS) is 17.1. The van der Waals surface area contributed by atoms with Gasteiger partial charge in [-0.1, -0.05) is 31.2 Å². The molecule has 0 aliphatic carbocycles. The van der Waals surface area contributed by atoms with Crippen LogP contribution in [0.15, 0.2) is 42.5 Å². The summed E-state index contributed by atoms with van der Waals surface area (Å²) in [6, 6.07) is 15.1. The molecule has 2 aromatic rings. The van der Waals surface area contributed by atoms with Gasteiger partial charge < -0.3 is 10.5 Å². The van der Waals surface area contributed by atoms with Gasteiger partial charge in [-0.15, -0.1) is 0 Å². The largest absolute Gasteiger partial charge is 0.487 e. The Morgan fingerprint density at radius 3 is 2.67 bits per heavy atom. The summed E-state index contributed by atoms with van der Waals surface area (Å²) in [7, 11) is 0. The Labute approximate surface area is 126 Å². The molecule has 0 aromatic heterocycles. The lowest BCUT2D eigenvalue weighted by molar-refractivity contribution is 0.138. The van der Waals surface area contributed by atoms with E-state index in [1.165, 1.54) is 22.3 Å². The van der Waals surface area contributed by atoms with Gasteiger partial charge in [0.15, 0.2) is 0 Å². The Morgan fingerprint density at radius 2 is 1.90 bits per heavy atom. The molecule has 1 aliphatic rings.